The number of rotatable bonds is 5. The molecule has 8 heteroatoms. The first-order chi connectivity index (χ1) is 14.5. The van der Waals surface area contributed by atoms with E-state index in [1.54, 1.807) is 41.7 Å². The lowest BCUT2D eigenvalue weighted by Crippen LogP contribution is -2.14. The van der Waals surface area contributed by atoms with E-state index in [0.717, 1.165) is 16.3 Å². The van der Waals surface area contributed by atoms with E-state index < -0.39 is 0 Å². The molecule has 0 saturated carbocycles. The van der Waals surface area contributed by atoms with Crippen molar-refractivity contribution < 1.29 is 9.59 Å². The van der Waals surface area contributed by atoms with Crippen LogP contribution in [0.1, 0.15) is 25.0 Å². The molecule has 4 rings (SSSR count). The van der Waals surface area contributed by atoms with Gasteiger partial charge >= 0.3 is 0 Å². The zero-order chi connectivity index (χ0) is 21.1. The first-order valence-corrected chi connectivity index (χ1v) is 11.1. The van der Waals surface area contributed by atoms with E-state index in [1.807, 2.05) is 41.9 Å². The third-order valence-corrected chi connectivity index (χ3v) is 6.25. The molecule has 150 valence electrons. The molecular weight excluding hydrogens is 438 g/mol. The summed E-state index contributed by atoms with van der Waals surface area (Å²) in [6.45, 7) is 1.96. The van der Waals surface area contributed by atoms with E-state index in [1.165, 1.54) is 11.3 Å². The van der Waals surface area contributed by atoms with Crippen molar-refractivity contribution in [1.29, 1.82) is 0 Å². The lowest BCUT2D eigenvalue weighted by atomic mass is 10.1. The molecule has 2 N–H and O–H groups in total. The van der Waals surface area contributed by atoms with Crippen LogP contribution < -0.4 is 10.6 Å². The number of halogens is 1. The van der Waals surface area contributed by atoms with Gasteiger partial charge in [0.2, 0.25) is 0 Å². The number of aryl methyl sites for hydroxylation is 1. The fourth-order valence-electron chi connectivity index (χ4n) is 2.78. The summed E-state index contributed by atoms with van der Waals surface area (Å²) < 4.78 is 0. The number of anilines is 2. The average molecular weight is 454 g/mol. The van der Waals surface area contributed by atoms with Crippen molar-refractivity contribution in [3.8, 4) is 11.3 Å². The summed E-state index contributed by atoms with van der Waals surface area (Å²) in [6.07, 6.45) is 0. The summed E-state index contributed by atoms with van der Waals surface area (Å²) in [7, 11) is 0. The lowest BCUT2D eigenvalue weighted by Gasteiger charge is -2.10. The van der Waals surface area contributed by atoms with Crippen molar-refractivity contribution in [3.63, 3.8) is 0 Å². The third kappa shape index (κ3) is 4.59. The van der Waals surface area contributed by atoms with Crippen LogP contribution in [0.5, 0.6) is 0 Å². The molecule has 0 radical (unpaired) electrons. The predicted molar refractivity (Wildman–Crippen MR) is 124 cm³/mol. The molecule has 0 saturated heterocycles. The minimum absolute atomic E-state index is 0.266. The molecule has 2 amide bonds. The van der Waals surface area contributed by atoms with Gasteiger partial charge in [0.05, 0.1) is 26.3 Å². The van der Waals surface area contributed by atoms with Gasteiger partial charge in [0.15, 0.2) is 0 Å². The van der Waals surface area contributed by atoms with Crippen molar-refractivity contribution in [3.05, 3.63) is 85.8 Å². The maximum atomic E-state index is 12.7. The zero-order valence-corrected chi connectivity index (χ0v) is 18.2. The fourth-order valence-corrected chi connectivity index (χ4v) is 4.18. The standard InChI is InChI=1S/C22H16ClN3O2S2/c1-13-24-19(12-30-13)14-4-7-16(8-5-14)25-21(27)15-6-9-17(23)18(11-15)26-22(28)20-3-2-10-29-20/h2-12H,1H3,(H,25,27)(H,26,28). The van der Waals surface area contributed by atoms with Crippen LogP contribution in [0.3, 0.4) is 0 Å². The molecule has 2 aromatic carbocycles. The predicted octanol–water partition coefficient (Wildman–Crippen LogP) is 6.34. The summed E-state index contributed by atoms with van der Waals surface area (Å²) in [5.41, 5.74) is 3.34. The number of amides is 2. The van der Waals surface area contributed by atoms with Crippen LogP contribution in [0, 0.1) is 6.92 Å². The van der Waals surface area contributed by atoms with E-state index in [2.05, 4.69) is 15.6 Å². The number of thiazole rings is 1. The van der Waals surface area contributed by atoms with Gasteiger partial charge in [0.1, 0.15) is 0 Å². The molecule has 0 bridgehead atoms. The summed E-state index contributed by atoms with van der Waals surface area (Å²) in [5, 5.41) is 10.8. The van der Waals surface area contributed by atoms with Gasteiger partial charge < -0.3 is 10.6 Å². The van der Waals surface area contributed by atoms with E-state index >= 15 is 0 Å². The molecule has 0 unspecified atom stereocenters. The number of benzene rings is 2. The highest BCUT2D eigenvalue weighted by Gasteiger charge is 2.13. The highest BCUT2D eigenvalue weighted by atomic mass is 35.5. The van der Waals surface area contributed by atoms with Crippen LogP contribution >= 0.6 is 34.3 Å². The number of thiophene rings is 1. The largest absolute Gasteiger partial charge is 0.322 e. The first kappa shape index (κ1) is 20.3. The Morgan fingerprint density at radius 2 is 1.77 bits per heavy atom. The fraction of sp³-hybridized carbons (Fsp3) is 0.0455. The van der Waals surface area contributed by atoms with Gasteiger partial charge in [-0.1, -0.05) is 29.8 Å². The second-order valence-corrected chi connectivity index (χ2v) is 8.83. The third-order valence-electron chi connectivity index (χ3n) is 4.28. The van der Waals surface area contributed by atoms with E-state index in [4.69, 9.17) is 11.6 Å². The molecule has 0 fully saturated rings. The molecule has 0 aliphatic rings. The van der Waals surface area contributed by atoms with Gasteiger partial charge in [0, 0.05) is 22.2 Å². The quantitative estimate of drug-likeness (QED) is 0.370. The molecule has 0 atom stereocenters. The van der Waals surface area contributed by atoms with Crippen LogP contribution in [-0.2, 0) is 0 Å². The number of hydrogen-bond acceptors (Lipinski definition) is 5. The molecule has 4 aromatic rings. The van der Waals surface area contributed by atoms with E-state index in [-0.39, 0.29) is 11.8 Å². The summed E-state index contributed by atoms with van der Waals surface area (Å²) >= 11 is 9.12. The Morgan fingerprint density at radius 1 is 0.967 bits per heavy atom. The van der Waals surface area contributed by atoms with E-state index in [0.29, 0.717) is 26.8 Å². The smallest absolute Gasteiger partial charge is 0.265 e. The molecule has 0 aliphatic carbocycles. The SMILES string of the molecule is Cc1nc(-c2ccc(NC(=O)c3ccc(Cl)c(NC(=O)c4cccs4)c3)cc2)cs1. The van der Waals surface area contributed by atoms with E-state index in [9.17, 15) is 9.59 Å². The lowest BCUT2D eigenvalue weighted by molar-refractivity contribution is 0.101. The van der Waals surface area contributed by atoms with Crippen molar-refractivity contribution in [2.24, 2.45) is 0 Å². The Balaban J connectivity index is 1.47. The van der Waals surface area contributed by atoms with Gasteiger partial charge in [-0.3, -0.25) is 9.59 Å². The Morgan fingerprint density at radius 3 is 2.43 bits per heavy atom. The van der Waals surface area contributed by atoms with Crippen molar-refractivity contribution in [2.45, 2.75) is 6.92 Å². The Labute approximate surface area is 186 Å². The maximum absolute atomic E-state index is 12.7. The van der Waals surface area contributed by atoms with Crippen molar-refractivity contribution in [2.75, 3.05) is 10.6 Å². The highest BCUT2D eigenvalue weighted by molar-refractivity contribution is 7.12. The average Bonchev–Trinajstić information content (AvgIpc) is 3.42. The topological polar surface area (TPSA) is 71.1 Å². The Bertz CT molecular complexity index is 1200. The van der Waals surface area contributed by atoms with Crippen LogP contribution in [0.15, 0.2) is 65.4 Å². The number of carbonyl (C=O) groups excluding carboxylic acids is 2. The monoisotopic (exact) mass is 453 g/mol. The Kier molecular flexibility index (Phi) is 5.94. The highest BCUT2D eigenvalue weighted by Crippen LogP contribution is 2.26. The zero-order valence-electron chi connectivity index (χ0n) is 15.8. The van der Waals surface area contributed by atoms with Crippen LogP contribution in [-0.4, -0.2) is 16.8 Å². The minimum Gasteiger partial charge on any atom is -0.322 e. The van der Waals surface area contributed by atoms with Gasteiger partial charge in [-0.15, -0.1) is 22.7 Å². The molecule has 30 heavy (non-hydrogen) atoms. The van der Waals surface area contributed by atoms with Gasteiger partial charge in [-0.2, -0.15) is 0 Å². The van der Waals surface area contributed by atoms with Crippen molar-refractivity contribution in [1.82, 2.24) is 4.98 Å². The first-order valence-electron chi connectivity index (χ1n) is 8.98. The molecule has 5 nitrogen and oxygen atoms in total. The molecule has 2 heterocycles. The summed E-state index contributed by atoms with van der Waals surface area (Å²) in [5.74, 6) is -0.562. The number of nitrogens with zero attached hydrogens (tertiary/aromatic N) is 1. The van der Waals surface area contributed by atoms with Gasteiger partial charge in [0.25, 0.3) is 11.8 Å². The normalized spacial score (nSPS) is 10.6. The molecule has 2 aromatic heterocycles. The second-order valence-electron chi connectivity index (χ2n) is 6.41. The van der Waals surface area contributed by atoms with Crippen LogP contribution in [0.25, 0.3) is 11.3 Å². The van der Waals surface area contributed by atoms with Crippen molar-refractivity contribution >= 4 is 57.5 Å². The van der Waals surface area contributed by atoms with Gasteiger partial charge in [-0.05, 0) is 48.7 Å². The summed E-state index contributed by atoms with van der Waals surface area (Å²) in [4.78, 5) is 30.0. The number of carbonyl (C=O) groups is 2. The molecule has 0 aliphatic heterocycles. The summed E-state index contributed by atoms with van der Waals surface area (Å²) in [6, 6.07) is 15.8. The molecule has 0 spiro atoms. The number of aromatic nitrogens is 1. The number of nitrogens with one attached hydrogen (secondary N) is 2. The Hall–Kier alpha value is -3.00. The van der Waals surface area contributed by atoms with Crippen LogP contribution in [0.4, 0.5) is 11.4 Å². The molecular formula is C22H16ClN3O2S2. The minimum atomic E-state index is -0.296. The van der Waals surface area contributed by atoms with Gasteiger partial charge in [-0.25, -0.2) is 4.98 Å². The second kappa shape index (κ2) is 8.79. The maximum Gasteiger partial charge on any atom is 0.265 e. The van der Waals surface area contributed by atoms with Crippen LogP contribution in [0.2, 0.25) is 5.02 Å². The number of hydrogen-bond donors (Lipinski definition) is 2.